The van der Waals surface area contributed by atoms with Gasteiger partial charge in [0.05, 0.1) is 24.3 Å². The van der Waals surface area contributed by atoms with Crippen molar-refractivity contribution in [3.63, 3.8) is 0 Å². The number of hydrogen-bond donors (Lipinski definition) is 4. The number of ether oxygens (including phenoxy) is 1. The third-order valence-corrected chi connectivity index (χ3v) is 4.87. The Balaban J connectivity index is 1.76. The molecular weight excluding hydrogens is 358 g/mol. The minimum Gasteiger partial charge on any atom is -0.378 e. The molecule has 1 unspecified atom stereocenters. The fourth-order valence-electron chi connectivity index (χ4n) is 3.26. The first-order chi connectivity index (χ1) is 13.5. The molecule has 0 spiro atoms. The van der Waals surface area contributed by atoms with Crippen LogP contribution in [-0.2, 0) is 9.53 Å². The smallest absolute Gasteiger partial charge is 0.239 e. The van der Waals surface area contributed by atoms with E-state index in [9.17, 15) is 4.79 Å². The quantitative estimate of drug-likeness (QED) is 0.530. The Kier molecular flexibility index (Phi) is 6.58. The molecule has 3 rings (SSSR count). The molecule has 0 aliphatic carbocycles. The Morgan fingerprint density at radius 1 is 1.46 bits per heavy atom. The van der Waals surface area contributed by atoms with Crippen LogP contribution in [0.5, 0.6) is 0 Å². The Hall–Kier alpha value is -2.52. The van der Waals surface area contributed by atoms with E-state index in [4.69, 9.17) is 10.5 Å². The first-order valence-corrected chi connectivity index (χ1v) is 9.76. The lowest BCUT2D eigenvalue weighted by Crippen LogP contribution is -2.55. The summed E-state index contributed by atoms with van der Waals surface area (Å²) in [6.45, 7) is 6.36. The van der Waals surface area contributed by atoms with Crippen molar-refractivity contribution in [1.82, 2.24) is 25.6 Å². The predicted octanol–water partition coefficient (Wildman–Crippen LogP) is 1.07. The molecule has 2 atom stereocenters. The van der Waals surface area contributed by atoms with Gasteiger partial charge in [-0.05, 0) is 25.5 Å². The van der Waals surface area contributed by atoms with Crippen molar-refractivity contribution in [3.8, 4) is 0 Å². The number of carbonyl (C=O) groups is 1. The highest BCUT2D eigenvalue weighted by Gasteiger charge is 2.28. The van der Waals surface area contributed by atoms with Crippen molar-refractivity contribution in [3.05, 3.63) is 18.3 Å². The average Bonchev–Trinajstić information content (AvgIpc) is 2.71. The maximum Gasteiger partial charge on any atom is 0.239 e. The number of fused-ring (bicyclic) bond motifs is 1. The van der Waals surface area contributed by atoms with Crippen LogP contribution in [0.1, 0.15) is 33.1 Å². The SMILES string of the molecule is CCCCC(C)(CNC(=O)[C@@H]1COCCN1)Nc1nc(N)nc2cccnc12. The number of nitrogens with zero attached hydrogens (tertiary/aromatic N) is 3. The highest BCUT2D eigenvalue weighted by atomic mass is 16.5. The van der Waals surface area contributed by atoms with Gasteiger partial charge in [0.25, 0.3) is 0 Å². The van der Waals surface area contributed by atoms with Crippen molar-refractivity contribution in [2.45, 2.75) is 44.7 Å². The van der Waals surface area contributed by atoms with Gasteiger partial charge < -0.3 is 26.4 Å². The summed E-state index contributed by atoms with van der Waals surface area (Å²) < 4.78 is 5.38. The second-order valence-electron chi connectivity index (χ2n) is 7.39. The Morgan fingerprint density at radius 2 is 2.32 bits per heavy atom. The van der Waals surface area contributed by atoms with Crippen LogP contribution in [0.2, 0.25) is 0 Å². The summed E-state index contributed by atoms with van der Waals surface area (Å²) in [5.74, 6) is 0.706. The molecule has 1 amide bonds. The van der Waals surface area contributed by atoms with Crippen molar-refractivity contribution in [2.75, 3.05) is 37.4 Å². The Bertz CT molecular complexity index is 810. The maximum absolute atomic E-state index is 12.5. The molecule has 0 radical (unpaired) electrons. The van der Waals surface area contributed by atoms with E-state index in [2.05, 4.69) is 44.7 Å². The molecule has 9 heteroatoms. The van der Waals surface area contributed by atoms with Crippen LogP contribution in [0, 0.1) is 0 Å². The van der Waals surface area contributed by atoms with Crippen LogP contribution in [-0.4, -0.2) is 58.7 Å². The second kappa shape index (κ2) is 9.11. The van der Waals surface area contributed by atoms with E-state index in [1.807, 2.05) is 12.1 Å². The second-order valence-corrected chi connectivity index (χ2v) is 7.39. The van der Waals surface area contributed by atoms with E-state index in [-0.39, 0.29) is 17.9 Å². The molecule has 1 saturated heterocycles. The van der Waals surface area contributed by atoms with Crippen LogP contribution >= 0.6 is 0 Å². The summed E-state index contributed by atoms with van der Waals surface area (Å²) in [7, 11) is 0. The zero-order valence-corrected chi connectivity index (χ0v) is 16.5. The van der Waals surface area contributed by atoms with Crippen molar-refractivity contribution >= 4 is 28.7 Å². The Labute approximate surface area is 164 Å². The van der Waals surface area contributed by atoms with Crippen molar-refractivity contribution in [2.24, 2.45) is 0 Å². The van der Waals surface area contributed by atoms with Gasteiger partial charge in [-0.25, -0.2) is 4.98 Å². The number of aromatic nitrogens is 3. The molecule has 9 nitrogen and oxygen atoms in total. The minimum absolute atomic E-state index is 0.0607. The van der Waals surface area contributed by atoms with Crippen LogP contribution in [0.15, 0.2) is 18.3 Å². The number of anilines is 2. The number of rotatable bonds is 8. The van der Waals surface area contributed by atoms with Gasteiger partial charge in [-0.2, -0.15) is 4.98 Å². The zero-order valence-electron chi connectivity index (χ0n) is 16.5. The number of amides is 1. The lowest BCUT2D eigenvalue weighted by molar-refractivity contribution is -0.126. The fraction of sp³-hybridized carbons (Fsp3) is 0.579. The van der Waals surface area contributed by atoms with Gasteiger partial charge in [0.15, 0.2) is 5.82 Å². The number of unbranched alkanes of at least 4 members (excludes halogenated alkanes) is 1. The molecule has 5 N–H and O–H groups in total. The molecule has 2 aromatic rings. The van der Waals surface area contributed by atoms with E-state index in [1.165, 1.54) is 0 Å². The molecule has 28 heavy (non-hydrogen) atoms. The van der Waals surface area contributed by atoms with Crippen molar-refractivity contribution < 1.29 is 9.53 Å². The predicted molar refractivity (Wildman–Crippen MR) is 109 cm³/mol. The summed E-state index contributed by atoms with van der Waals surface area (Å²) in [6.07, 6.45) is 4.62. The lowest BCUT2D eigenvalue weighted by atomic mass is 9.94. The number of carbonyl (C=O) groups excluding carboxylic acids is 1. The molecule has 152 valence electrons. The van der Waals surface area contributed by atoms with E-state index in [1.54, 1.807) is 6.20 Å². The summed E-state index contributed by atoms with van der Waals surface area (Å²) in [6, 6.07) is 3.35. The normalized spacial score (nSPS) is 19.1. The highest BCUT2D eigenvalue weighted by Crippen LogP contribution is 2.25. The molecule has 0 bridgehead atoms. The van der Waals surface area contributed by atoms with Gasteiger partial charge in [0.2, 0.25) is 11.9 Å². The molecule has 0 saturated carbocycles. The number of morpholine rings is 1. The monoisotopic (exact) mass is 387 g/mol. The topological polar surface area (TPSA) is 127 Å². The first kappa shape index (κ1) is 20.2. The lowest BCUT2D eigenvalue weighted by Gasteiger charge is -2.33. The highest BCUT2D eigenvalue weighted by molar-refractivity contribution is 5.86. The summed E-state index contributed by atoms with van der Waals surface area (Å²) in [4.78, 5) is 25.5. The summed E-state index contributed by atoms with van der Waals surface area (Å²) in [5.41, 5.74) is 6.81. The molecule has 0 aromatic carbocycles. The van der Waals surface area contributed by atoms with Crippen LogP contribution in [0.25, 0.3) is 11.0 Å². The van der Waals surface area contributed by atoms with Crippen LogP contribution < -0.4 is 21.7 Å². The van der Waals surface area contributed by atoms with E-state index >= 15 is 0 Å². The maximum atomic E-state index is 12.5. The molecule has 1 aliphatic rings. The number of nitrogen functional groups attached to an aromatic ring is 1. The zero-order chi connectivity index (χ0) is 20.0. The molecule has 2 aromatic heterocycles. The molecule has 3 heterocycles. The van der Waals surface area contributed by atoms with E-state index in [0.717, 1.165) is 19.3 Å². The average molecular weight is 387 g/mol. The van der Waals surface area contributed by atoms with Crippen LogP contribution in [0.3, 0.4) is 0 Å². The first-order valence-electron chi connectivity index (χ1n) is 9.76. The Morgan fingerprint density at radius 3 is 3.07 bits per heavy atom. The molecule has 1 aliphatic heterocycles. The molecule has 1 fully saturated rings. The van der Waals surface area contributed by atoms with Gasteiger partial charge in [0.1, 0.15) is 11.6 Å². The third kappa shape index (κ3) is 5.05. The van der Waals surface area contributed by atoms with E-state index in [0.29, 0.717) is 43.2 Å². The fourth-order valence-corrected chi connectivity index (χ4v) is 3.26. The molecular formula is C19H29N7O2. The van der Waals surface area contributed by atoms with E-state index < -0.39 is 5.54 Å². The van der Waals surface area contributed by atoms with Crippen LogP contribution in [0.4, 0.5) is 11.8 Å². The number of nitrogens with two attached hydrogens (primary N) is 1. The van der Waals surface area contributed by atoms with Gasteiger partial charge in [0, 0.05) is 19.3 Å². The standard InChI is InChI=1S/C19H29N7O2/c1-3-4-7-19(2,12-23-17(27)14-11-28-10-9-21-14)26-16-15-13(6-5-8-22-15)24-18(20)25-16/h5-6,8,14,21H,3-4,7,9-12H2,1-2H3,(H,23,27)(H3,20,24,25,26)/t14-,19?/m0/s1. The van der Waals surface area contributed by atoms with Gasteiger partial charge in [-0.1, -0.05) is 19.8 Å². The number of hydrogen-bond acceptors (Lipinski definition) is 8. The number of nitrogens with one attached hydrogen (secondary N) is 3. The van der Waals surface area contributed by atoms with Gasteiger partial charge in [-0.3, -0.25) is 9.78 Å². The van der Waals surface area contributed by atoms with Crippen molar-refractivity contribution in [1.29, 1.82) is 0 Å². The number of pyridine rings is 1. The third-order valence-electron chi connectivity index (χ3n) is 4.87. The summed E-state index contributed by atoms with van der Waals surface area (Å²) >= 11 is 0. The largest absolute Gasteiger partial charge is 0.378 e. The van der Waals surface area contributed by atoms with Gasteiger partial charge >= 0.3 is 0 Å². The minimum atomic E-state index is -0.410. The summed E-state index contributed by atoms with van der Waals surface area (Å²) in [5, 5.41) is 9.69. The van der Waals surface area contributed by atoms with Gasteiger partial charge in [-0.15, -0.1) is 0 Å².